The van der Waals surface area contributed by atoms with Gasteiger partial charge >= 0.3 is 0 Å². The molecule has 6 nitrogen and oxygen atoms in total. The van der Waals surface area contributed by atoms with E-state index in [9.17, 15) is 14.9 Å². The van der Waals surface area contributed by atoms with E-state index in [0.717, 1.165) is 13.0 Å². The van der Waals surface area contributed by atoms with Gasteiger partial charge in [0.2, 0.25) is 0 Å². The van der Waals surface area contributed by atoms with Gasteiger partial charge in [0.25, 0.3) is 5.69 Å². The first-order chi connectivity index (χ1) is 9.99. The molecule has 0 N–H and O–H groups in total. The molecule has 1 heterocycles. The number of benzene rings is 1. The SMILES string of the molecule is CC(=O)c1ccc(OCCC2CCCN2C)cc1[N+](=O)[O-]. The summed E-state index contributed by atoms with van der Waals surface area (Å²) in [6, 6.07) is 4.92. The molecular weight excluding hydrogens is 272 g/mol. The Kier molecular flexibility index (Phi) is 4.90. The summed E-state index contributed by atoms with van der Waals surface area (Å²) < 4.78 is 5.60. The molecule has 1 aromatic carbocycles. The van der Waals surface area contributed by atoms with Crippen LogP contribution in [0.1, 0.15) is 36.5 Å². The Morgan fingerprint density at radius 1 is 1.52 bits per heavy atom. The average molecular weight is 292 g/mol. The number of hydrogen-bond donors (Lipinski definition) is 0. The molecule has 2 rings (SSSR count). The maximum absolute atomic E-state index is 11.4. The number of rotatable bonds is 6. The lowest BCUT2D eigenvalue weighted by Gasteiger charge is -2.19. The van der Waals surface area contributed by atoms with Gasteiger partial charge < -0.3 is 9.64 Å². The second-order valence-corrected chi connectivity index (χ2v) is 5.41. The molecule has 1 aliphatic rings. The first-order valence-corrected chi connectivity index (χ1v) is 7.11. The summed E-state index contributed by atoms with van der Waals surface area (Å²) in [5.41, 5.74) is -0.0825. The first kappa shape index (κ1) is 15.4. The normalized spacial score (nSPS) is 18.7. The fourth-order valence-electron chi connectivity index (χ4n) is 2.71. The zero-order valence-corrected chi connectivity index (χ0v) is 12.4. The van der Waals surface area contributed by atoms with E-state index in [1.54, 1.807) is 6.07 Å². The van der Waals surface area contributed by atoms with Gasteiger partial charge in [-0.05, 0) is 51.9 Å². The molecule has 0 aromatic heterocycles. The van der Waals surface area contributed by atoms with Crippen molar-refractivity contribution in [1.82, 2.24) is 4.90 Å². The van der Waals surface area contributed by atoms with E-state index in [0.29, 0.717) is 18.4 Å². The minimum absolute atomic E-state index is 0.114. The number of nitrogens with zero attached hydrogens (tertiary/aromatic N) is 2. The monoisotopic (exact) mass is 292 g/mol. The van der Waals surface area contributed by atoms with Crippen molar-refractivity contribution in [3.8, 4) is 5.75 Å². The minimum atomic E-state index is -0.547. The third-order valence-corrected chi connectivity index (χ3v) is 3.94. The van der Waals surface area contributed by atoms with Crippen LogP contribution < -0.4 is 4.74 Å². The second kappa shape index (κ2) is 6.67. The molecule has 0 amide bonds. The highest BCUT2D eigenvalue weighted by atomic mass is 16.6. The van der Waals surface area contributed by atoms with E-state index in [2.05, 4.69) is 11.9 Å². The highest BCUT2D eigenvalue weighted by Crippen LogP contribution is 2.26. The smallest absolute Gasteiger partial charge is 0.283 e. The van der Waals surface area contributed by atoms with Crippen LogP contribution in [-0.4, -0.2) is 41.8 Å². The number of carbonyl (C=O) groups is 1. The highest BCUT2D eigenvalue weighted by Gasteiger charge is 2.21. The van der Waals surface area contributed by atoms with E-state index < -0.39 is 4.92 Å². The Balaban J connectivity index is 1.99. The van der Waals surface area contributed by atoms with E-state index in [1.165, 1.54) is 31.9 Å². The number of ether oxygens (including phenoxy) is 1. The number of carbonyl (C=O) groups excluding carboxylic acids is 1. The van der Waals surface area contributed by atoms with Crippen molar-refractivity contribution < 1.29 is 14.5 Å². The van der Waals surface area contributed by atoms with Crippen LogP contribution in [0.4, 0.5) is 5.69 Å². The van der Waals surface area contributed by atoms with Crippen molar-refractivity contribution in [1.29, 1.82) is 0 Å². The van der Waals surface area contributed by atoms with Crippen LogP contribution in [0.2, 0.25) is 0 Å². The highest BCUT2D eigenvalue weighted by molar-refractivity contribution is 5.98. The molecule has 1 unspecified atom stereocenters. The van der Waals surface area contributed by atoms with Gasteiger partial charge in [-0.15, -0.1) is 0 Å². The predicted octanol–water partition coefficient (Wildman–Crippen LogP) is 2.66. The van der Waals surface area contributed by atoms with Crippen LogP contribution in [0.25, 0.3) is 0 Å². The number of hydrogen-bond acceptors (Lipinski definition) is 5. The minimum Gasteiger partial charge on any atom is -0.493 e. The summed E-state index contributed by atoms with van der Waals surface area (Å²) in [5, 5.41) is 11.0. The number of Topliss-reactive ketones (excluding diaryl/α,β-unsaturated/α-hetero) is 1. The molecule has 1 aromatic rings. The molecule has 114 valence electrons. The molecule has 0 radical (unpaired) electrons. The van der Waals surface area contributed by atoms with Gasteiger partial charge in [-0.3, -0.25) is 14.9 Å². The van der Waals surface area contributed by atoms with Crippen LogP contribution in [0.5, 0.6) is 5.75 Å². The Labute approximate surface area is 123 Å². The number of nitro benzene ring substituents is 1. The summed E-state index contributed by atoms with van der Waals surface area (Å²) in [6.07, 6.45) is 3.28. The molecule has 21 heavy (non-hydrogen) atoms. The molecule has 0 bridgehead atoms. The van der Waals surface area contributed by atoms with Crippen molar-refractivity contribution in [2.45, 2.75) is 32.2 Å². The summed E-state index contributed by atoms with van der Waals surface area (Å²) in [7, 11) is 2.10. The van der Waals surface area contributed by atoms with E-state index in [1.807, 2.05) is 0 Å². The molecule has 1 saturated heterocycles. The van der Waals surface area contributed by atoms with Crippen LogP contribution in [0.3, 0.4) is 0 Å². The van der Waals surface area contributed by atoms with Crippen molar-refractivity contribution in [2.75, 3.05) is 20.2 Å². The van der Waals surface area contributed by atoms with Crippen molar-refractivity contribution in [3.05, 3.63) is 33.9 Å². The number of nitro groups is 1. The molecule has 6 heteroatoms. The summed E-state index contributed by atoms with van der Waals surface area (Å²) in [5.74, 6) is 0.119. The Morgan fingerprint density at radius 3 is 2.86 bits per heavy atom. The molecular formula is C15H20N2O4. The fraction of sp³-hybridized carbons (Fsp3) is 0.533. The average Bonchev–Trinajstić information content (AvgIpc) is 2.84. The van der Waals surface area contributed by atoms with Gasteiger partial charge in [-0.2, -0.15) is 0 Å². The van der Waals surface area contributed by atoms with Crippen LogP contribution in [-0.2, 0) is 0 Å². The van der Waals surface area contributed by atoms with Gasteiger partial charge in [0, 0.05) is 6.04 Å². The van der Waals surface area contributed by atoms with Crippen molar-refractivity contribution >= 4 is 11.5 Å². The van der Waals surface area contributed by atoms with E-state index in [4.69, 9.17) is 4.74 Å². The molecule has 0 saturated carbocycles. The van der Waals surface area contributed by atoms with Gasteiger partial charge in [0.05, 0.1) is 23.2 Å². The Hall–Kier alpha value is -1.95. The third kappa shape index (κ3) is 3.78. The predicted molar refractivity (Wildman–Crippen MR) is 78.9 cm³/mol. The van der Waals surface area contributed by atoms with Gasteiger partial charge in [-0.25, -0.2) is 0 Å². The molecule has 1 fully saturated rings. The Bertz CT molecular complexity index is 544. The standard InChI is InChI=1S/C15H20N2O4/c1-11(18)14-6-5-13(10-15(14)17(19)20)21-9-7-12-4-3-8-16(12)2/h5-6,10,12H,3-4,7-9H2,1-2H3. The number of ketones is 1. The molecule has 0 aliphatic carbocycles. The van der Waals surface area contributed by atoms with Gasteiger partial charge in [0.1, 0.15) is 5.75 Å². The summed E-state index contributed by atoms with van der Waals surface area (Å²) in [4.78, 5) is 24.1. The third-order valence-electron chi connectivity index (χ3n) is 3.94. The van der Waals surface area contributed by atoms with Crippen molar-refractivity contribution in [3.63, 3.8) is 0 Å². The zero-order valence-electron chi connectivity index (χ0n) is 12.4. The van der Waals surface area contributed by atoms with Crippen LogP contribution >= 0.6 is 0 Å². The van der Waals surface area contributed by atoms with Crippen LogP contribution in [0.15, 0.2) is 18.2 Å². The lowest BCUT2D eigenvalue weighted by molar-refractivity contribution is -0.385. The maximum atomic E-state index is 11.4. The molecule has 0 spiro atoms. The lowest BCUT2D eigenvalue weighted by atomic mass is 10.1. The van der Waals surface area contributed by atoms with E-state index in [-0.39, 0.29) is 17.0 Å². The second-order valence-electron chi connectivity index (χ2n) is 5.41. The van der Waals surface area contributed by atoms with E-state index >= 15 is 0 Å². The van der Waals surface area contributed by atoms with Crippen molar-refractivity contribution in [2.24, 2.45) is 0 Å². The number of likely N-dealkylation sites (tertiary alicyclic amines) is 1. The molecule has 1 aliphatic heterocycles. The first-order valence-electron chi connectivity index (χ1n) is 7.11. The van der Waals surface area contributed by atoms with Crippen LogP contribution in [0, 0.1) is 10.1 Å². The fourth-order valence-corrected chi connectivity index (χ4v) is 2.71. The van der Waals surface area contributed by atoms with Gasteiger partial charge in [0.15, 0.2) is 5.78 Å². The Morgan fingerprint density at radius 2 is 2.29 bits per heavy atom. The largest absolute Gasteiger partial charge is 0.493 e. The van der Waals surface area contributed by atoms with Gasteiger partial charge in [-0.1, -0.05) is 0 Å². The summed E-state index contributed by atoms with van der Waals surface area (Å²) in [6.45, 7) is 2.95. The topological polar surface area (TPSA) is 72.7 Å². The maximum Gasteiger partial charge on any atom is 0.283 e. The molecule has 1 atom stereocenters. The quantitative estimate of drug-likeness (QED) is 0.458. The summed E-state index contributed by atoms with van der Waals surface area (Å²) >= 11 is 0. The zero-order chi connectivity index (χ0) is 15.4. The lowest BCUT2D eigenvalue weighted by Crippen LogP contribution is -2.26.